The number of nitrogens with zero attached hydrogens (tertiary/aromatic N) is 2. The van der Waals surface area contributed by atoms with Crippen LogP contribution in [0.3, 0.4) is 0 Å². The highest BCUT2D eigenvalue weighted by molar-refractivity contribution is 5.90. The van der Waals surface area contributed by atoms with E-state index >= 15 is 0 Å². The fourth-order valence-corrected chi connectivity index (χ4v) is 1.97. The van der Waals surface area contributed by atoms with Gasteiger partial charge in [0, 0.05) is 5.56 Å². The van der Waals surface area contributed by atoms with E-state index < -0.39 is 0 Å². The monoisotopic (exact) mass is 297 g/mol. The summed E-state index contributed by atoms with van der Waals surface area (Å²) in [6.07, 6.45) is 0.0347. The van der Waals surface area contributed by atoms with Crippen LogP contribution in [0.1, 0.15) is 5.56 Å². The van der Waals surface area contributed by atoms with E-state index in [0.29, 0.717) is 11.5 Å². The average molecular weight is 297 g/mol. The van der Waals surface area contributed by atoms with Crippen LogP contribution in [0.4, 0.5) is 10.3 Å². The second-order valence-electron chi connectivity index (χ2n) is 4.64. The topological polar surface area (TPSA) is 68.0 Å². The molecule has 0 fully saturated rings. The molecule has 1 amide bonds. The maximum Gasteiger partial charge on any atom is 0.270 e. The van der Waals surface area contributed by atoms with Gasteiger partial charge in [-0.05, 0) is 35.0 Å². The third-order valence-electron chi connectivity index (χ3n) is 2.95. The molecule has 22 heavy (non-hydrogen) atoms. The van der Waals surface area contributed by atoms with Gasteiger partial charge in [0.2, 0.25) is 5.91 Å². The molecule has 110 valence electrons. The molecule has 3 aromatic rings. The van der Waals surface area contributed by atoms with Gasteiger partial charge in [-0.1, -0.05) is 30.3 Å². The lowest BCUT2D eigenvalue weighted by atomic mass is 10.1. The highest BCUT2D eigenvalue weighted by atomic mass is 19.1. The van der Waals surface area contributed by atoms with Gasteiger partial charge in [0.25, 0.3) is 11.8 Å². The van der Waals surface area contributed by atoms with E-state index in [-0.39, 0.29) is 24.1 Å². The molecule has 0 bridgehead atoms. The minimum absolute atomic E-state index is 0.0347. The summed E-state index contributed by atoms with van der Waals surface area (Å²) in [5.41, 5.74) is 1.34. The first kappa shape index (κ1) is 13.9. The summed E-state index contributed by atoms with van der Waals surface area (Å²) < 4.78 is 18.1. The standard InChI is InChI=1S/C16H12FN3O2/c17-13-8-4-5-11(9-13)10-14(21)18-16-19-15(22-20-16)12-6-2-1-3-7-12/h1-9H,10H2,(H,18,20,21). The lowest BCUT2D eigenvalue weighted by molar-refractivity contribution is -0.115. The molecule has 0 unspecified atom stereocenters. The van der Waals surface area contributed by atoms with Crippen LogP contribution in [-0.4, -0.2) is 16.0 Å². The van der Waals surface area contributed by atoms with Gasteiger partial charge in [-0.3, -0.25) is 10.1 Å². The number of benzene rings is 2. The van der Waals surface area contributed by atoms with E-state index in [0.717, 1.165) is 5.56 Å². The Morgan fingerprint density at radius 1 is 1.14 bits per heavy atom. The number of carbonyl (C=O) groups is 1. The molecular weight excluding hydrogens is 285 g/mol. The molecule has 2 aromatic carbocycles. The highest BCUT2D eigenvalue weighted by Gasteiger charge is 2.11. The molecule has 1 heterocycles. The number of rotatable bonds is 4. The molecule has 0 saturated carbocycles. The summed E-state index contributed by atoms with van der Waals surface area (Å²) >= 11 is 0. The summed E-state index contributed by atoms with van der Waals surface area (Å²) in [5, 5.41) is 6.22. The lowest BCUT2D eigenvalue weighted by Gasteiger charge is -2.00. The van der Waals surface area contributed by atoms with Gasteiger partial charge in [0.1, 0.15) is 5.82 Å². The largest absolute Gasteiger partial charge is 0.332 e. The van der Waals surface area contributed by atoms with E-state index in [1.54, 1.807) is 12.1 Å². The molecule has 5 nitrogen and oxygen atoms in total. The van der Waals surface area contributed by atoms with Gasteiger partial charge < -0.3 is 4.52 Å². The summed E-state index contributed by atoms with van der Waals surface area (Å²) in [6, 6.07) is 15.1. The average Bonchev–Trinajstić information content (AvgIpc) is 2.96. The number of nitrogens with one attached hydrogen (secondary N) is 1. The quantitative estimate of drug-likeness (QED) is 0.803. The predicted octanol–water partition coefficient (Wildman–Crippen LogP) is 3.06. The molecule has 1 aromatic heterocycles. The molecule has 6 heteroatoms. The molecule has 0 radical (unpaired) electrons. The van der Waals surface area contributed by atoms with Crippen molar-refractivity contribution in [3.63, 3.8) is 0 Å². The molecule has 1 N–H and O–H groups in total. The fraction of sp³-hybridized carbons (Fsp3) is 0.0625. The van der Waals surface area contributed by atoms with Crippen molar-refractivity contribution in [3.8, 4) is 11.5 Å². The van der Waals surface area contributed by atoms with Crippen molar-refractivity contribution in [1.82, 2.24) is 10.1 Å². The molecule has 0 aliphatic carbocycles. The summed E-state index contributed by atoms with van der Waals surface area (Å²) in [4.78, 5) is 16.0. The molecule has 0 aliphatic rings. The van der Waals surface area contributed by atoms with Crippen molar-refractivity contribution < 1.29 is 13.7 Å². The van der Waals surface area contributed by atoms with E-state index in [9.17, 15) is 9.18 Å². The number of aromatic nitrogens is 2. The van der Waals surface area contributed by atoms with Crippen LogP contribution in [0.2, 0.25) is 0 Å². The maximum atomic E-state index is 13.1. The first-order valence-electron chi connectivity index (χ1n) is 6.64. The number of amides is 1. The molecule has 0 spiro atoms. The maximum absolute atomic E-state index is 13.1. The minimum atomic E-state index is -0.378. The summed E-state index contributed by atoms with van der Waals surface area (Å²) in [7, 11) is 0. The zero-order valence-electron chi connectivity index (χ0n) is 11.5. The van der Waals surface area contributed by atoms with Crippen molar-refractivity contribution in [2.24, 2.45) is 0 Å². The van der Waals surface area contributed by atoms with Crippen LogP contribution in [0.15, 0.2) is 59.1 Å². The molecule has 0 aliphatic heterocycles. The van der Waals surface area contributed by atoms with Gasteiger partial charge in [-0.25, -0.2) is 4.39 Å². The van der Waals surface area contributed by atoms with E-state index in [1.807, 2.05) is 30.3 Å². The second-order valence-corrected chi connectivity index (χ2v) is 4.64. The first-order valence-corrected chi connectivity index (χ1v) is 6.64. The van der Waals surface area contributed by atoms with Crippen molar-refractivity contribution >= 4 is 11.9 Å². The van der Waals surface area contributed by atoms with E-state index in [4.69, 9.17) is 4.52 Å². The van der Waals surface area contributed by atoms with Crippen LogP contribution >= 0.6 is 0 Å². The van der Waals surface area contributed by atoms with Gasteiger partial charge in [-0.15, -0.1) is 0 Å². The third-order valence-corrected chi connectivity index (χ3v) is 2.95. The Morgan fingerprint density at radius 3 is 2.73 bits per heavy atom. The van der Waals surface area contributed by atoms with Crippen molar-refractivity contribution in [2.75, 3.05) is 5.32 Å². The molecular formula is C16H12FN3O2. The number of carbonyl (C=O) groups excluding carboxylic acids is 1. The highest BCUT2D eigenvalue weighted by Crippen LogP contribution is 2.17. The first-order chi connectivity index (χ1) is 10.7. The Hall–Kier alpha value is -3.02. The van der Waals surface area contributed by atoms with Crippen molar-refractivity contribution in [1.29, 1.82) is 0 Å². The van der Waals surface area contributed by atoms with Crippen LogP contribution in [0.5, 0.6) is 0 Å². The summed E-state index contributed by atoms with van der Waals surface area (Å²) in [6.45, 7) is 0. The van der Waals surface area contributed by atoms with E-state index in [2.05, 4.69) is 15.5 Å². The Bertz CT molecular complexity index is 787. The Balaban J connectivity index is 1.66. The van der Waals surface area contributed by atoms with Crippen molar-refractivity contribution in [3.05, 3.63) is 66.0 Å². The zero-order chi connectivity index (χ0) is 15.4. The Labute approximate surface area is 125 Å². The molecule has 0 atom stereocenters. The smallest absolute Gasteiger partial charge is 0.270 e. The van der Waals surface area contributed by atoms with Crippen molar-refractivity contribution in [2.45, 2.75) is 6.42 Å². The van der Waals surface area contributed by atoms with E-state index in [1.165, 1.54) is 12.1 Å². The van der Waals surface area contributed by atoms with Crippen LogP contribution in [-0.2, 0) is 11.2 Å². The second kappa shape index (κ2) is 6.17. The number of hydrogen-bond acceptors (Lipinski definition) is 4. The lowest BCUT2D eigenvalue weighted by Crippen LogP contribution is -2.15. The van der Waals surface area contributed by atoms with Gasteiger partial charge in [0.05, 0.1) is 6.42 Å². The third kappa shape index (κ3) is 3.35. The van der Waals surface area contributed by atoms with Gasteiger partial charge in [0.15, 0.2) is 0 Å². The normalized spacial score (nSPS) is 10.4. The number of hydrogen-bond donors (Lipinski definition) is 1. The number of anilines is 1. The zero-order valence-corrected chi connectivity index (χ0v) is 11.5. The fourth-order valence-electron chi connectivity index (χ4n) is 1.97. The predicted molar refractivity (Wildman–Crippen MR) is 78.5 cm³/mol. The molecule has 0 saturated heterocycles. The molecule has 3 rings (SSSR count). The SMILES string of the molecule is O=C(Cc1cccc(F)c1)Nc1noc(-c2ccccc2)n1. The van der Waals surface area contributed by atoms with Crippen LogP contribution < -0.4 is 5.32 Å². The Kier molecular flexibility index (Phi) is 3.91. The minimum Gasteiger partial charge on any atom is -0.332 e. The van der Waals surface area contributed by atoms with Crippen LogP contribution in [0, 0.1) is 5.82 Å². The van der Waals surface area contributed by atoms with Gasteiger partial charge in [-0.2, -0.15) is 4.98 Å². The van der Waals surface area contributed by atoms with Gasteiger partial charge >= 0.3 is 0 Å². The van der Waals surface area contributed by atoms with Crippen LogP contribution in [0.25, 0.3) is 11.5 Å². The summed E-state index contributed by atoms with van der Waals surface area (Å²) in [5.74, 6) is -0.316. The number of halogens is 1. The Morgan fingerprint density at radius 2 is 1.95 bits per heavy atom.